The molecule has 1 fully saturated rings. The van der Waals surface area contributed by atoms with Gasteiger partial charge in [0.1, 0.15) is 5.75 Å². The Morgan fingerprint density at radius 1 is 1.43 bits per heavy atom. The Labute approximate surface area is 84.1 Å². The predicted molar refractivity (Wildman–Crippen MR) is 54.1 cm³/mol. The van der Waals surface area contributed by atoms with Gasteiger partial charge in [0.2, 0.25) is 0 Å². The highest BCUT2D eigenvalue weighted by atomic mass is 16.5. The van der Waals surface area contributed by atoms with E-state index in [4.69, 9.17) is 10.00 Å². The number of hydrogen-bond acceptors (Lipinski definition) is 2. The summed E-state index contributed by atoms with van der Waals surface area (Å²) in [7, 11) is 1.65. The predicted octanol–water partition coefficient (Wildman–Crippen LogP) is 2.50. The van der Waals surface area contributed by atoms with Crippen molar-refractivity contribution in [3.8, 4) is 11.8 Å². The van der Waals surface area contributed by atoms with Crippen molar-refractivity contribution in [2.45, 2.75) is 18.8 Å². The maximum atomic E-state index is 9.13. The number of rotatable bonds is 2. The zero-order valence-corrected chi connectivity index (χ0v) is 8.45. The largest absolute Gasteiger partial charge is 0.497 e. The molecule has 0 saturated heterocycles. The van der Waals surface area contributed by atoms with Crippen LogP contribution in [0.1, 0.15) is 18.9 Å². The van der Waals surface area contributed by atoms with Crippen LogP contribution in [-0.4, -0.2) is 7.11 Å². The molecule has 1 aliphatic carbocycles. The summed E-state index contributed by atoms with van der Waals surface area (Å²) in [6.45, 7) is 2.12. The van der Waals surface area contributed by atoms with Gasteiger partial charge in [-0.2, -0.15) is 5.26 Å². The van der Waals surface area contributed by atoms with Gasteiger partial charge >= 0.3 is 0 Å². The Morgan fingerprint density at radius 2 is 2.00 bits per heavy atom. The summed E-state index contributed by atoms with van der Waals surface area (Å²) in [5, 5.41) is 9.13. The first kappa shape index (κ1) is 9.08. The fourth-order valence-corrected chi connectivity index (χ4v) is 1.94. The van der Waals surface area contributed by atoms with Crippen LogP contribution in [0.3, 0.4) is 0 Å². The van der Waals surface area contributed by atoms with Crippen LogP contribution >= 0.6 is 0 Å². The summed E-state index contributed by atoms with van der Waals surface area (Å²) < 4.78 is 5.08. The maximum Gasteiger partial charge on any atom is 0.118 e. The molecule has 2 atom stereocenters. The minimum Gasteiger partial charge on any atom is -0.497 e. The number of hydrogen-bond donors (Lipinski definition) is 0. The standard InChI is InChI=1S/C12H13NO/c1-9-7-12(9,8-13)10-3-5-11(14-2)6-4-10/h3-6,9H,7H2,1-2H3. The van der Waals surface area contributed by atoms with Crippen molar-refractivity contribution in [2.24, 2.45) is 5.92 Å². The SMILES string of the molecule is COc1ccc(C2(C#N)CC2C)cc1. The second-order valence-electron chi connectivity index (χ2n) is 3.92. The summed E-state index contributed by atoms with van der Waals surface area (Å²) >= 11 is 0. The molecule has 2 unspecified atom stereocenters. The van der Waals surface area contributed by atoms with E-state index in [9.17, 15) is 0 Å². The number of ether oxygens (including phenoxy) is 1. The maximum absolute atomic E-state index is 9.13. The molecule has 0 amide bonds. The highest BCUT2D eigenvalue weighted by molar-refractivity contribution is 5.43. The summed E-state index contributed by atoms with van der Waals surface area (Å²) in [5.41, 5.74) is 0.903. The summed E-state index contributed by atoms with van der Waals surface area (Å²) in [4.78, 5) is 0. The van der Waals surface area contributed by atoms with Gasteiger partial charge in [-0.15, -0.1) is 0 Å². The molecule has 0 spiro atoms. The van der Waals surface area contributed by atoms with E-state index in [1.54, 1.807) is 7.11 Å². The lowest BCUT2D eigenvalue weighted by atomic mass is 9.95. The van der Waals surface area contributed by atoms with Crippen LogP contribution in [0, 0.1) is 17.2 Å². The fourth-order valence-electron chi connectivity index (χ4n) is 1.94. The van der Waals surface area contributed by atoms with E-state index in [1.165, 1.54) is 0 Å². The molecule has 2 nitrogen and oxygen atoms in total. The molecule has 72 valence electrons. The van der Waals surface area contributed by atoms with Crippen LogP contribution in [0.4, 0.5) is 0 Å². The van der Waals surface area contributed by atoms with Crippen LogP contribution in [0.25, 0.3) is 0 Å². The van der Waals surface area contributed by atoms with Gasteiger partial charge in [0.25, 0.3) is 0 Å². The number of methoxy groups -OCH3 is 1. The van der Waals surface area contributed by atoms with E-state index in [0.717, 1.165) is 17.7 Å². The van der Waals surface area contributed by atoms with E-state index >= 15 is 0 Å². The van der Waals surface area contributed by atoms with Crippen molar-refractivity contribution in [3.05, 3.63) is 29.8 Å². The molecule has 14 heavy (non-hydrogen) atoms. The van der Waals surface area contributed by atoms with Gasteiger partial charge in [0.05, 0.1) is 18.6 Å². The van der Waals surface area contributed by atoms with E-state index < -0.39 is 0 Å². The van der Waals surface area contributed by atoms with Crippen molar-refractivity contribution in [1.82, 2.24) is 0 Å². The van der Waals surface area contributed by atoms with E-state index in [2.05, 4.69) is 13.0 Å². The van der Waals surface area contributed by atoms with Gasteiger partial charge in [0.15, 0.2) is 0 Å². The lowest BCUT2D eigenvalue weighted by molar-refractivity contribution is 0.414. The molecule has 2 rings (SSSR count). The van der Waals surface area contributed by atoms with Gasteiger partial charge in [-0.1, -0.05) is 19.1 Å². The highest BCUT2D eigenvalue weighted by Gasteiger charge is 2.53. The first-order valence-corrected chi connectivity index (χ1v) is 4.79. The molecule has 0 heterocycles. The Bertz CT molecular complexity index is 376. The summed E-state index contributed by atoms with van der Waals surface area (Å²) in [5.74, 6) is 1.33. The monoisotopic (exact) mass is 187 g/mol. The van der Waals surface area contributed by atoms with Gasteiger partial charge in [-0.25, -0.2) is 0 Å². The molecule has 0 aliphatic heterocycles. The first-order chi connectivity index (χ1) is 6.73. The van der Waals surface area contributed by atoms with Crippen LogP contribution < -0.4 is 4.74 Å². The van der Waals surface area contributed by atoms with Crippen LogP contribution in [0.2, 0.25) is 0 Å². The molecule has 1 aliphatic rings. The van der Waals surface area contributed by atoms with Gasteiger partial charge < -0.3 is 4.74 Å². The molecule has 1 aromatic carbocycles. The third-order valence-corrected chi connectivity index (χ3v) is 3.11. The van der Waals surface area contributed by atoms with Crippen molar-refractivity contribution < 1.29 is 4.74 Å². The summed E-state index contributed by atoms with van der Waals surface area (Å²) in [6.07, 6.45) is 0.982. The van der Waals surface area contributed by atoms with Gasteiger partial charge in [-0.3, -0.25) is 0 Å². The second kappa shape index (κ2) is 3.02. The first-order valence-electron chi connectivity index (χ1n) is 4.79. The second-order valence-corrected chi connectivity index (χ2v) is 3.92. The van der Waals surface area contributed by atoms with E-state index in [-0.39, 0.29) is 5.41 Å². The van der Waals surface area contributed by atoms with Crippen molar-refractivity contribution in [1.29, 1.82) is 5.26 Å². The zero-order valence-electron chi connectivity index (χ0n) is 8.45. The van der Waals surface area contributed by atoms with Crippen LogP contribution in [0.5, 0.6) is 5.75 Å². The molecule has 1 aromatic rings. The smallest absolute Gasteiger partial charge is 0.118 e. The molecular formula is C12H13NO. The minimum absolute atomic E-state index is 0.216. The van der Waals surface area contributed by atoms with Gasteiger partial charge in [-0.05, 0) is 30.0 Å². The topological polar surface area (TPSA) is 33.0 Å². The molecule has 0 N–H and O–H groups in total. The molecular weight excluding hydrogens is 174 g/mol. The average molecular weight is 187 g/mol. The molecule has 0 bridgehead atoms. The van der Waals surface area contributed by atoms with Crippen molar-refractivity contribution in [2.75, 3.05) is 7.11 Å². The fraction of sp³-hybridized carbons (Fsp3) is 0.417. The number of nitrogens with zero attached hydrogens (tertiary/aromatic N) is 1. The number of benzene rings is 1. The quantitative estimate of drug-likeness (QED) is 0.712. The van der Waals surface area contributed by atoms with E-state index in [0.29, 0.717) is 5.92 Å². The summed E-state index contributed by atoms with van der Waals surface area (Å²) in [6, 6.07) is 10.2. The molecule has 1 saturated carbocycles. The normalized spacial score (nSPS) is 29.4. The Morgan fingerprint density at radius 3 is 2.36 bits per heavy atom. The van der Waals surface area contributed by atoms with Crippen molar-refractivity contribution in [3.63, 3.8) is 0 Å². The molecule has 2 heteroatoms. The van der Waals surface area contributed by atoms with Crippen molar-refractivity contribution >= 4 is 0 Å². The lowest BCUT2D eigenvalue weighted by Crippen LogP contribution is -2.05. The molecule has 0 radical (unpaired) electrons. The zero-order chi connectivity index (χ0) is 10.2. The number of nitriles is 1. The van der Waals surface area contributed by atoms with E-state index in [1.807, 2.05) is 24.3 Å². The Kier molecular flexibility index (Phi) is 1.96. The van der Waals surface area contributed by atoms with Gasteiger partial charge in [0, 0.05) is 0 Å². The third-order valence-electron chi connectivity index (χ3n) is 3.11. The average Bonchev–Trinajstić information content (AvgIpc) is 2.91. The minimum atomic E-state index is -0.216. The molecule has 0 aromatic heterocycles. The Balaban J connectivity index is 2.31. The third kappa shape index (κ3) is 1.17. The van der Waals surface area contributed by atoms with Crippen LogP contribution in [-0.2, 0) is 5.41 Å². The lowest BCUT2D eigenvalue weighted by Gasteiger charge is -2.08. The van der Waals surface area contributed by atoms with Crippen LogP contribution in [0.15, 0.2) is 24.3 Å². The highest BCUT2D eigenvalue weighted by Crippen LogP contribution is 2.53. The Hall–Kier alpha value is -1.49.